The fraction of sp³-hybridized carbons (Fsp3) is 0.643. The van der Waals surface area contributed by atoms with Gasteiger partial charge in [-0.2, -0.15) is 0 Å². The van der Waals surface area contributed by atoms with Gasteiger partial charge in [-0.1, -0.05) is 20.3 Å². The predicted octanol–water partition coefficient (Wildman–Crippen LogP) is 1.93. The topological polar surface area (TPSA) is 42.1 Å². The summed E-state index contributed by atoms with van der Waals surface area (Å²) in [6.45, 7) is 6.44. The normalized spacial score (nSPS) is 14.9. The minimum atomic E-state index is 0.280. The number of hydrogen-bond acceptors (Lipinski definition) is 3. The molecule has 0 aliphatic heterocycles. The monoisotopic (exact) mass is 235 g/mol. The van der Waals surface area contributed by atoms with Crippen LogP contribution in [0.2, 0.25) is 0 Å². The Morgan fingerprint density at radius 2 is 2.00 bits per heavy atom. The van der Waals surface area contributed by atoms with Gasteiger partial charge in [0.15, 0.2) is 0 Å². The van der Waals surface area contributed by atoms with Crippen LogP contribution in [0.4, 0.5) is 0 Å². The molecular formula is C14H25N3. The molecule has 1 rings (SSSR count). The van der Waals surface area contributed by atoms with Crippen molar-refractivity contribution in [3.8, 4) is 0 Å². The van der Waals surface area contributed by atoms with Crippen molar-refractivity contribution in [2.45, 2.75) is 32.7 Å². The van der Waals surface area contributed by atoms with E-state index in [9.17, 15) is 0 Å². The fourth-order valence-corrected chi connectivity index (χ4v) is 1.80. The molecule has 0 unspecified atom stereocenters. The maximum atomic E-state index is 6.15. The Bertz CT molecular complexity index is 300. The van der Waals surface area contributed by atoms with Crippen LogP contribution >= 0.6 is 0 Å². The van der Waals surface area contributed by atoms with Crippen LogP contribution in [0.1, 0.15) is 25.8 Å². The van der Waals surface area contributed by atoms with Crippen LogP contribution in [0.5, 0.6) is 0 Å². The Morgan fingerprint density at radius 3 is 2.59 bits per heavy atom. The van der Waals surface area contributed by atoms with Crippen molar-refractivity contribution in [3.63, 3.8) is 0 Å². The first-order chi connectivity index (χ1) is 8.13. The van der Waals surface area contributed by atoms with Gasteiger partial charge in [0.05, 0.1) is 0 Å². The average Bonchev–Trinajstić information content (AvgIpc) is 2.36. The quantitative estimate of drug-likeness (QED) is 0.785. The predicted molar refractivity (Wildman–Crippen MR) is 72.9 cm³/mol. The van der Waals surface area contributed by atoms with Crippen LogP contribution in [-0.4, -0.2) is 36.1 Å². The molecule has 3 nitrogen and oxygen atoms in total. The Balaban J connectivity index is 2.28. The van der Waals surface area contributed by atoms with Gasteiger partial charge in [-0.05, 0) is 37.1 Å². The summed E-state index contributed by atoms with van der Waals surface area (Å²) in [5, 5.41) is 0. The van der Waals surface area contributed by atoms with E-state index in [1.54, 1.807) is 0 Å². The lowest BCUT2D eigenvalue weighted by Gasteiger charge is -2.25. The molecule has 1 heterocycles. The second kappa shape index (κ2) is 7.41. The second-order valence-electron chi connectivity index (χ2n) is 4.92. The average molecular weight is 235 g/mol. The summed E-state index contributed by atoms with van der Waals surface area (Å²) in [6, 6.07) is 4.42. The van der Waals surface area contributed by atoms with E-state index in [1.807, 2.05) is 12.4 Å². The number of rotatable bonds is 7. The summed E-state index contributed by atoms with van der Waals surface area (Å²) in [5.74, 6) is 0.596. The lowest BCUT2D eigenvalue weighted by Crippen LogP contribution is -2.40. The molecule has 1 aromatic rings. The minimum absolute atomic E-state index is 0.280. The maximum absolute atomic E-state index is 6.15. The number of nitrogens with two attached hydrogens (primary N) is 1. The van der Waals surface area contributed by atoms with Crippen molar-refractivity contribution in [1.82, 2.24) is 9.88 Å². The van der Waals surface area contributed by atoms with Gasteiger partial charge in [0.2, 0.25) is 0 Å². The van der Waals surface area contributed by atoms with Gasteiger partial charge >= 0.3 is 0 Å². The van der Waals surface area contributed by atoms with Crippen LogP contribution in [0.25, 0.3) is 0 Å². The maximum Gasteiger partial charge on any atom is 0.0270 e. The molecule has 2 N–H and O–H groups in total. The molecule has 0 aliphatic rings. The molecule has 1 aromatic heterocycles. The number of nitrogens with zero attached hydrogens (tertiary/aromatic N) is 2. The Morgan fingerprint density at radius 1 is 1.35 bits per heavy atom. The van der Waals surface area contributed by atoms with Crippen molar-refractivity contribution >= 4 is 0 Å². The summed E-state index contributed by atoms with van der Waals surface area (Å²) in [5.41, 5.74) is 7.48. The van der Waals surface area contributed by atoms with Crippen molar-refractivity contribution in [2.24, 2.45) is 11.7 Å². The summed E-state index contributed by atoms with van der Waals surface area (Å²) in [4.78, 5) is 6.34. The Hall–Kier alpha value is -0.930. The highest BCUT2D eigenvalue weighted by atomic mass is 15.1. The number of likely N-dealkylation sites (N-methyl/N-ethyl adjacent to an activating group) is 1. The van der Waals surface area contributed by atoms with E-state index in [0.29, 0.717) is 5.92 Å². The van der Waals surface area contributed by atoms with Gasteiger partial charge in [-0.25, -0.2) is 0 Å². The molecule has 17 heavy (non-hydrogen) atoms. The molecule has 0 radical (unpaired) electrons. The van der Waals surface area contributed by atoms with E-state index >= 15 is 0 Å². The zero-order valence-corrected chi connectivity index (χ0v) is 11.3. The van der Waals surface area contributed by atoms with Crippen LogP contribution in [-0.2, 0) is 6.42 Å². The molecule has 0 saturated carbocycles. The third-order valence-electron chi connectivity index (χ3n) is 3.43. The SMILES string of the molecule is CC[C@@H](C)[C@@H](N)CN(C)CCc1ccncc1. The van der Waals surface area contributed by atoms with Crippen molar-refractivity contribution in [3.05, 3.63) is 30.1 Å². The molecule has 0 spiro atoms. The first-order valence-electron chi connectivity index (χ1n) is 6.46. The first-order valence-corrected chi connectivity index (χ1v) is 6.46. The summed E-state index contributed by atoms with van der Waals surface area (Å²) in [6.07, 6.45) is 5.91. The fourth-order valence-electron chi connectivity index (χ4n) is 1.80. The van der Waals surface area contributed by atoms with Crippen molar-refractivity contribution in [1.29, 1.82) is 0 Å². The lowest BCUT2D eigenvalue weighted by atomic mass is 10.00. The summed E-state index contributed by atoms with van der Waals surface area (Å²) in [7, 11) is 2.14. The van der Waals surface area contributed by atoms with Gasteiger partial charge in [0, 0.05) is 31.5 Å². The van der Waals surface area contributed by atoms with Gasteiger partial charge in [-0.15, -0.1) is 0 Å². The van der Waals surface area contributed by atoms with Crippen LogP contribution < -0.4 is 5.73 Å². The van der Waals surface area contributed by atoms with E-state index in [-0.39, 0.29) is 6.04 Å². The molecule has 2 atom stereocenters. The smallest absolute Gasteiger partial charge is 0.0270 e. The minimum Gasteiger partial charge on any atom is -0.326 e. The zero-order chi connectivity index (χ0) is 12.7. The standard InChI is InChI=1S/C14H25N3/c1-4-12(2)14(15)11-17(3)10-7-13-5-8-16-9-6-13/h5-6,8-9,12,14H,4,7,10-11,15H2,1-3H3/t12-,14+/m1/s1. The van der Waals surface area contributed by atoms with Crippen molar-refractivity contribution < 1.29 is 0 Å². The molecule has 0 amide bonds. The van der Waals surface area contributed by atoms with E-state index in [2.05, 4.69) is 42.9 Å². The van der Waals surface area contributed by atoms with E-state index < -0.39 is 0 Å². The third-order valence-corrected chi connectivity index (χ3v) is 3.43. The lowest BCUT2D eigenvalue weighted by molar-refractivity contribution is 0.276. The number of hydrogen-bond donors (Lipinski definition) is 1. The van der Waals surface area contributed by atoms with Gasteiger partial charge < -0.3 is 10.6 Å². The summed E-state index contributed by atoms with van der Waals surface area (Å²) < 4.78 is 0. The Kier molecular flexibility index (Phi) is 6.16. The van der Waals surface area contributed by atoms with Gasteiger partial charge in [-0.3, -0.25) is 4.98 Å². The highest BCUT2D eigenvalue weighted by Crippen LogP contribution is 2.07. The molecule has 0 bridgehead atoms. The van der Waals surface area contributed by atoms with E-state index in [0.717, 1.165) is 25.9 Å². The first kappa shape index (κ1) is 14.1. The Labute approximate surface area is 105 Å². The molecule has 0 fully saturated rings. The van der Waals surface area contributed by atoms with Gasteiger partial charge in [0.1, 0.15) is 0 Å². The molecular weight excluding hydrogens is 210 g/mol. The third kappa shape index (κ3) is 5.29. The number of pyridine rings is 1. The second-order valence-corrected chi connectivity index (χ2v) is 4.92. The van der Waals surface area contributed by atoms with Crippen LogP contribution in [0.3, 0.4) is 0 Å². The molecule has 3 heteroatoms. The highest BCUT2D eigenvalue weighted by molar-refractivity contribution is 5.09. The highest BCUT2D eigenvalue weighted by Gasteiger charge is 2.12. The van der Waals surface area contributed by atoms with Crippen molar-refractivity contribution in [2.75, 3.05) is 20.1 Å². The van der Waals surface area contributed by atoms with Crippen LogP contribution in [0, 0.1) is 5.92 Å². The van der Waals surface area contributed by atoms with E-state index in [1.165, 1.54) is 5.56 Å². The summed E-state index contributed by atoms with van der Waals surface area (Å²) >= 11 is 0. The largest absolute Gasteiger partial charge is 0.326 e. The molecule has 0 aromatic carbocycles. The molecule has 0 saturated heterocycles. The van der Waals surface area contributed by atoms with Gasteiger partial charge in [0.25, 0.3) is 0 Å². The molecule has 0 aliphatic carbocycles. The van der Waals surface area contributed by atoms with E-state index in [4.69, 9.17) is 5.73 Å². The van der Waals surface area contributed by atoms with Crippen LogP contribution in [0.15, 0.2) is 24.5 Å². The zero-order valence-electron chi connectivity index (χ0n) is 11.3. The number of aromatic nitrogens is 1. The molecule has 96 valence electrons.